The van der Waals surface area contributed by atoms with Crippen LogP contribution in [-0.4, -0.2) is 28.4 Å². The van der Waals surface area contributed by atoms with E-state index in [1.807, 2.05) is 17.0 Å². The predicted molar refractivity (Wildman–Crippen MR) is 70.9 cm³/mol. The Hall–Kier alpha value is -0.900. The molecule has 0 saturated heterocycles. The lowest BCUT2D eigenvalue weighted by Crippen LogP contribution is -2.34. The molecule has 4 heteroatoms. The normalized spacial score (nSPS) is 14.7. The Morgan fingerprint density at radius 2 is 2.29 bits per heavy atom. The second-order valence-electron chi connectivity index (χ2n) is 4.43. The van der Waals surface area contributed by atoms with Crippen molar-refractivity contribution in [2.75, 3.05) is 6.54 Å². The second-order valence-corrected chi connectivity index (χ2v) is 5.24. The lowest BCUT2D eigenvalue weighted by atomic mass is 10.2. The molecule has 0 spiro atoms. The van der Waals surface area contributed by atoms with Gasteiger partial charge in [0.25, 0.3) is 5.91 Å². The van der Waals surface area contributed by atoms with Crippen LogP contribution in [-0.2, 0) is 0 Å². The maximum absolute atomic E-state index is 12.3. The molecule has 1 amide bonds. The number of hydrogen-bond donors (Lipinski definition) is 0. The van der Waals surface area contributed by atoms with Crippen LogP contribution in [0.15, 0.2) is 22.8 Å². The second kappa shape index (κ2) is 5.63. The molecule has 0 aromatic carbocycles. The van der Waals surface area contributed by atoms with Gasteiger partial charge in [0.2, 0.25) is 0 Å². The Morgan fingerprint density at radius 1 is 1.53 bits per heavy atom. The molecule has 1 heterocycles. The molecule has 0 bridgehead atoms. The minimum Gasteiger partial charge on any atom is -0.334 e. The summed E-state index contributed by atoms with van der Waals surface area (Å²) < 4.78 is 0.717. The number of nitrogens with zero attached hydrogens (tertiary/aromatic N) is 2. The van der Waals surface area contributed by atoms with Crippen molar-refractivity contribution in [3.63, 3.8) is 0 Å². The first kappa shape index (κ1) is 12.6. The fourth-order valence-corrected chi connectivity index (χ4v) is 2.18. The van der Waals surface area contributed by atoms with Crippen LogP contribution in [0.3, 0.4) is 0 Å². The molecule has 0 aliphatic heterocycles. The molecule has 0 radical (unpaired) electrons. The highest BCUT2D eigenvalue weighted by Gasteiger charge is 2.32. The van der Waals surface area contributed by atoms with E-state index in [0.29, 0.717) is 11.7 Å². The van der Waals surface area contributed by atoms with Crippen LogP contribution in [0.5, 0.6) is 0 Å². The highest BCUT2D eigenvalue weighted by Crippen LogP contribution is 2.28. The zero-order valence-electron chi connectivity index (χ0n) is 10.0. The van der Waals surface area contributed by atoms with Gasteiger partial charge in [0.05, 0.1) is 0 Å². The van der Waals surface area contributed by atoms with Gasteiger partial charge in [-0.15, -0.1) is 0 Å². The third-order valence-corrected chi connectivity index (χ3v) is 3.38. The Morgan fingerprint density at radius 3 is 2.88 bits per heavy atom. The van der Waals surface area contributed by atoms with Crippen molar-refractivity contribution in [1.29, 1.82) is 0 Å². The van der Waals surface area contributed by atoms with Crippen LogP contribution in [0.4, 0.5) is 0 Å². The summed E-state index contributed by atoms with van der Waals surface area (Å²) in [6.07, 6.45) is 4.46. The fourth-order valence-electron chi connectivity index (χ4n) is 1.84. The maximum atomic E-state index is 12.3. The summed E-state index contributed by atoms with van der Waals surface area (Å²) in [7, 11) is 0. The fraction of sp³-hybridized carbons (Fsp3) is 0.538. The smallest absolute Gasteiger partial charge is 0.272 e. The summed E-state index contributed by atoms with van der Waals surface area (Å²) in [5.74, 6) is 0.0715. The number of carbonyl (C=O) groups is 1. The monoisotopic (exact) mass is 296 g/mol. The molecule has 17 heavy (non-hydrogen) atoms. The van der Waals surface area contributed by atoms with E-state index in [0.717, 1.165) is 36.8 Å². The molecular weight excluding hydrogens is 280 g/mol. The molecular formula is C13H17BrN2O. The molecule has 92 valence electrons. The summed E-state index contributed by atoms with van der Waals surface area (Å²) in [6.45, 7) is 3.00. The molecule has 1 saturated carbocycles. The average molecular weight is 297 g/mol. The summed E-state index contributed by atoms with van der Waals surface area (Å²) in [5, 5.41) is 0. The largest absolute Gasteiger partial charge is 0.334 e. The van der Waals surface area contributed by atoms with Gasteiger partial charge in [-0.3, -0.25) is 4.79 Å². The van der Waals surface area contributed by atoms with E-state index in [2.05, 4.69) is 27.8 Å². The zero-order chi connectivity index (χ0) is 12.3. The van der Waals surface area contributed by atoms with Crippen molar-refractivity contribution in [1.82, 2.24) is 9.88 Å². The van der Waals surface area contributed by atoms with E-state index in [4.69, 9.17) is 0 Å². The molecule has 1 aliphatic rings. The number of amides is 1. The standard InChI is InChI=1S/C13H17BrN2O/c1-2-3-9-16(10-7-8-10)13(17)11-5-4-6-12(14)15-11/h4-6,10H,2-3,7-9H2,1H3. The minimum absolute atomic E-state index is 0.0715. The zero-order valence-corrected chi connectivity index (χ0v) is 11.6. The van der Waals surface area contributed by atoms with Crippen LogP contribution in [0.2, 0.25) is 0 Å². The first-order chi connectivity index (χ1) is 8.22. The molecule has 1 aromatic rings. The van der Waals surface area contributed by atoms with Crippen molar-refractivity contribution in [3.8, 4) is 0 Å². The van der Waals surface area contributed by atoms with Crippen molar-refractivity contribution < 1.29 is 4.79 Å². The molecule has 0 unspecified atom stereocenters. The number of unbranched alkanes of at least 4 members (excludes halogenated alkanes) is 1. The lowest BCUT2D eigenvalue weighted by molar-refractivity contribution is 0.0734. The predicted octanol–water partition coefficient (Wildman–Crippen LogP) is 3.25. The minimum atomic E-state index is 0.0715. The summed E-state index contributed by atoms with van der Waals surface area (Å²) in [4.78, 5) is 18.5. The molecule has 1 aliphatic carbocycles. The highest BCUT2D eigenvalue weighted by molar-refractivity contribution is 9.10. The number of pyridine rings is 1. The van der Waals surface area contributed by atoms with Crippen molar-refractivity contribution in [2.45, 2.75) is 38.6 Å². The van der Waals surface area contributed by atoms with E-state index in [1.165, 1.54) is 0 Å². The lowest BCUT2D eigenvalue weighted by Gasteiger charge is -2.21. The van der Waals surface area contributed by atoms with Gasteiger partial charge in [-0.2, -0.15) is 0 Å². The number of aromatic nitrogens is 1. The Balaban J connectivity index is 2.10. The number of halogens is 1. The Labute approximate surface area is 110 Å². The Bertz CT molecular complexity index is 404. The van der Waals surface area contributed by atoms with Crippen molar-refractivity contribution in [2.24, 2.45) is 0 Å². The van der Waals surface area contributed by atoms with Gasteiger partial charge in [0, 0.05) is 12.6 Å². The van der Waals surface area contributed by atoms with Crippen molar-refractivity contribution in [3.05, 3.63) is 28.5 Å². The molecule has 1 fully saturated rings. The third kappa shape index (κ3) is 3.28. The first-order valence-electron chi connectivity index (χ1n) is 6.16. The van der Waals surface area contributed by atoms with Gasteiger partial charge in [0.1, 0.15) is 10.3 Å². The van der Waals surface area contributed by atoms with Gasteiger partial charge in [-0.1, -0.05) is 19.4 Å². The van der Waals surface area contributed by atoms with Gasteiger partial charge in [0.15, 0.2) is 0 Å². The quantitative estimate of drug-likeness (QED) is 0.782. The highest BCUT2D eigenvalue weighted by atomic mass is 79.9. The number of rotatable bonds is 5. The van der Waals surface area contributed by atoms with Crippen LogP contribution in [0.1, 0.15) is 43.1 Å². The van der Waals surface area contributed by atoms with E-state index < -0.39 is 0 Å². The van der Waals surface area contributed by atoms with Crippen molar-refractivity contribution >= 4 is 21.8 Å². The number of carbonyl (C=O) groups excluding carboxylic acids is 1. The first-order valence-corrected chi connectivity index (χ1v) is 6.95. The number of hydrogen-bond acceptors (Lipinski definition) is 2. The van der Waals surface area contributed by atoms with Crippen LogP contribution < -0.4 is 0 Å². The van der Waals surface area contributed by atoms with E-state index in [-0.39, 0.29) is 5.91 Å². The topological polar surface area (TPSA) is 33.2 Å². The van der Waals surface area contributed by atoms with Crippen LogP contribution >= 0.6 is 15.9 Å². The van der Waals surface area contributed by atoms with Crippen LogP contribution in [0, 0.1) is 0 Å². The average Bonchev–Trinajstić information content (AvgIpc) is 3.14. The van der Waals surface area contributed by atoms with Gasteiger partial charge in [-0.25, -0.2) is 4.98 Å². The van der Waals surface area contributed by atoms with E-state index >= 15 is 0 Å². The summed E-state index contributed by atoms with van der Waals surface area (Å²) in [6, 6.07) is 5.93. The van der Waals surface area contributed by atoms with Gasteiger partial charge < -0.3 is 4.90 Å². The molecule has 3 nitrogen and oxygen atoms in total. The SMILES string of the molecule is CCCCN(C(=O)c1cccc(Br)n1)C1CC1. The third-order valence-electron chi connectivity index (χ3n) is 2.94. The van der Waals surface area contributed by atoms with Crippen LogP contribution in [0.25, 0.3) is 0 Å². The summed E-state index contributed by atoms with van der Waals surface area (Å²) in [5.41, 5.74) is 0.544. The summed E-state index contributed by atoms with van der Waals surface area (Å²) >= 11 is 3.30. The van der Waals surface area contributed by atoms with Gasteiger partial charge in [-0.05, 0) is 47.3 Å². The molecule has 0 atom stereocenters. The van der Waals surface area contributed by atoms with Gasteiger partial charge >= 0.3 is 0 Å². The molecule has 1 aromatic heterocycles. The maximum Gasteiger partial charge on any atom is 0.272 e. The molecule has 2 rings (SSSR count). The molecule has 0 N–H and O–H groups in total. The van der Waals surface area contributed by atoms with E-state index in [9.17, 15) is 4.79 Å². The Kier molecular flexibility index (Phi) is 4.15. The van der Waals surface area contributed by atoms with E-state index in [1.54, 1.807) is 6.07 Å².